The summed E-state index contributed by atoms with van der Waals surface area (Å²) in [4.78, 5) is 3.20. The summed E-state index contributed by atoms with van der Waals surface area (Å²) in [6.07, 6.45) is -4.97. The van der Waals surface area contributed by atoms with Crippen molar-refractivity contribution in [2.75, 3.05) is 27.1 Å². The van der Waals surface area contributed by atoms with Crippen molar-refractivity contribution in [2.24, 2.45) is 11.0 Å². The van der Waals surface area contributed by atoms with Gasteiger partial charge in [-0.3, -0.25) is 0 Å². The summed E-state index contributed by atoms with van der Waals surface area (Å²) in [5.74, 6) is -3.27. The van der Waals surface area contributed by atoms with Gasteiger partial charge in [0.15, 0.2) is 23.3 Å². The number of ether oxygens (including phenoxy) is 6. The number of azide groups is 1. The van der Waals surface area contributed by atoms with E-state index in [2.05, 4.69) is 55.1 Å². The predicted octanol–water partition coefficient (Wildman–Crippen LogP) is 4.16. The normalized spacial score (nSPS) is 31.9. The zero-order chi connectivity index (χ0) is 34.3. The first-order valence-corrected chi connectivity index (χ1v) is 17.7. The molecule has 1 spiro atoms. The number of aliphatic hydroxyl groups is 1. The van der Waals surface area contributed by atoms with Crippen molar-refractivity contribution in [3.05, 3.63) is 71.1 Å². The maximum absolute atomic E-state index is 11.7. The van der Waals surface area contributed by atoms with Gasteiger partial charge in [0, 0.05) is 24.5 Å². The summed E-state index contributed by atoms with van der Waals surface area (Å²) in [6, 6.07) is 22.1. The second kappa shape index (κ2) is 12.9. The molecule has 1 aliphatic carbocycles. The molecule has 0 bridgehead atoms. The molecule has 0 aromatic heterocycles. The van der Waals surface area contributed by atoms with Gasteiger partial charge in [0.1, 0.15) is 30.6 Å². The molecule has 2 aromatic rings. The zero-order valence-electron chi connectivity index (χ0n) is 28.4. The molecule has 5 rings (SSSR count). The molecule has 13 heteroatoms. The van der Waals surface area contributed by atoms with Crippen molar-refractivity contribution < 1.29 is 38.0 Å². The first kappa shape index (κ1) is 35.4. The molecule has 0 amide bonds. The molecule has 254 valence electrons. The fraction of sp³-hybridized carbons (Fsp3) is 0.618. The van der Waals surface area contributed by atoms with Crippen molar-refractivity contribution in [1.82, 2.24) is 0 Å². The van der Waals surface area contributed by atoms with Gasteiger partial charge in [-0.1, -0.05) is 86.5 Å². The van der Waals surface area contributed by atoms with Gasteiger partial charge in [-0.25, -0.2) is 0 Å². The third-order valence-corrected chi connectivity index (χ3v) is 14.6. The van der Waals surface area contributed by atoms with Crippen LogP contribution in [0, 0.1) is 17.2 Å². The van der Waals surface area contributed by atoms with Crippen LogP contribution in [0.25, 0.3) is 10.4 Å². The number of hydrogen-bond acceptors (Lipinski definition) is 10. The van der Waals surface area contributed by atoms with E-state index in [1.807, 2.05) is 42.5 Å². The molecular weight excluding hydrogens is 620 g/mol. The Morgan fingerprint density at radius 2 is 1.60 bits per heavy atom. The number of aliphatic hydroxyl groups excluding tert-OH is 1. The van der Waals surface area contributed by atoms with Crippen LogP contribution in [0.1, 0.15) is 48.5 Å². The summed E-state index contributed by atoms with van der Waals surface area (Å²) in [7, 11) is -1.70. The molecule has 0 radical (unpaired) electrons. The smallest absolute Gasteiger partial charge is 0.261 e. The van der Waals surface area contributed by atoms with E-state index in [4.69, 9.17) is 32.8 Å². The Labute approximate surface area is 277 Å². The summed E-state index contributed by atoms with van der Waals surface area (Å²) in [5.41, 5.74) is 6.83. The highest BCUT2D eigenvalue weighted by Crippen LogP contribution is 2.57. The van der Waals surface area contributed by atoms with Crippen LogP contribution in [0.3, 0.4) is 0 Å². The SMILES string of the molecule is COCO[C@@H]1[C@H](CO[Si](c2ccccc2)(c2ccccc2)C(C)(C)C)[C@](N=[N+]=[N-])([C@@H](O)C#N)[C@@H]2OC(C)(C)O[C@@H]2[C@]12COC(C)(C)O2. The van der Waals surface area contributed by atoms with E-state index in [1.54, 1.807) is 27.7 Å². The lowest BCUT2D eigenvalue weighted by molar-refractivity contribution is -0.282. The average Bonchev–Trinajstić information content (AvgIpc) is 3.54. The molecule has 1 N–H and O–H groups in total. The molecule has 12 nitrogen and oxygen atoms in total. The fourth-order valence-electron chi connectivity index (χ4n) is 7.82. The first-order valence-electron chi connectivity index (χ1n) is 15.8. The lowest BCUT2D eigenvalue weighted by Crippen LogP contribution is -2.77. The number of hydrogen-bond donors (Lipinski definition) is 1. The minimum absolute atomic E-state index is 0.0275. The van der Waals surface area contributed by atoms with Crippen molar-refractivity contribution in [3.8, 4) is 6.07 Å². The second-order valence-electron chi connectivity index (χ2n) is 14.4. The van der Waals surface area contributed by atoms with Crippen LogP contribution in [0.15, 0.2) is 65.8 Å². The van der Waals surface area contributed by atoms with E-state index in [0.29, 0.717) is 0 Å². The van der Waals surface area contributed by atoms with Gasteiger partial charge in [0.05, 0.1) is 12.7 Å². The molecule has 2 saturated heterocycles. The Morgan fingerprint density at radius 3 is 2.06 bits per heavy atom. The van der Waals surface area contributed by atoms with Crippen molar-refractivity contribution >= 4 is 18.7 Å². The third-order valence-electron chi connectivity index (χ3n) is 9.60. The molecular formula is C34H46N4O8Si. The van der Waals surface area contributed by atoms with Crippen LogP contribution in [0.5, 0.6) is 0 Å². The summed E-state index contributed by atoms with van der Waals surface area (Å²) >= 11 is 0. The van der Waals surface area contributed by atoms with Crippen LogP contribution >= 0.6 is 0 Å². The van der Waals surface area contributed by atoms with Crippen LogP contribution in [-0.2, 0) is 32.8 Å². The van der Waals surface area contributed by atoms with Crippen LogP contribution < -0.4 is 10.4 Å². The van der Waals surface area contributed by atoms with Crippen molar-refractivity contribution in [2.45, 2.75) is 101 Å². The zero-order valence-corrected chi connectivity index (χ0v) is 29.4. The van der Waals surface area contributed by atoms with Gasteiger partial charge in [0.25, 0.3) is 8.32 Å². The Hall–Kier alpha value is -2.86. The Morgan fingerprint density at radius 1 is 1.02 bits per heavy atom. The number of nitrogens with zero attached hydrogens (tertiary/aromatic N) is 4. The molecule has 0 unspecified atom stereocenters. The Kier molecular flexibility index (Phi) is 9.71. The molecule has 3 fully saturated rings. The number of benzene rings is 2. The van der Waals surface area contributed by atoms with Crippen LogP contribution in [0.4, 0.5) is 0 Å². The standard InChI is InChI=1S/C34H46N4O8Si/c1-30(2,3)47(23-15-11-9-12-16-23,24-17-13-10-14-18-24)43-20-25-27(41-22-40-8)33(21-42-31(4,5)46-33)28-29(45-32(6,7)44-28)34(25,37-38-36)26(39)19-35/h9-18,25-29,39H,20-22H2,1-8H3/t25-,26-,27+,28-,29+,33-,34-/m0/s1. The fourth-order valence-corrected chi connectivity index (χ4v) is 12.4. The number of rotatable bonds is 10. The van der Waals surface area contributed by atoms with E-state index in [0.717, 1.165) is 10.4 Å². The minimum atomic E-state index is -3.20. The molecule has 2 heterocycles. The van der Waals surface area contributed by atoms with Crippen LogP contribution in [0.2, 0.25) is 5.04 Å². The molecule has 7 atom stereocenters. The monoisotopic (exact) mass is 666 g/mol. The van der Waals surface area contributed by atoms with Crippen molar-refractivity contribution in [1.29, 1.82) is 5.26 Å². The molecule has 47 heavy (non-hydrogen) atoms. The number of fused-ring (bicyclic) bond motifs is 2. The minimum Gasteiger partial charge on any atom is -0.407 e. The third kappa shape index (κ3) is 5.91. The molecule has 1 saturated carbocycles. The van der Waals surface area contributed by atoms with Gasteiger partial charge >= 0.3 is 0 Å². The number of nitriles is 1. The lowest BCUT2D eigenvalue weighted by atomic mass is 9.60. The Bertz CT molecular complexity index is 1450. The predicted molar refractivity (Wildman–Crippen MR) is 175 cm³/mol. The van der Waals surface area contributed by atoms with Gasteiger partial charge in [-0.15, -0.1) is 0 Å². The average molecular weight is 667 g/mol. The number of methoxy groups -OCH3 is 1. The summed E-state index contributed by atoms with van der Waals surface area (Å²) < 4.78 is 45.2. The lowest BCUT2D eigenvalue weighted by Gasteiger charge is -2.57. The maximum atomic E-state index is 11.7. The first-order chi connectivity index (χ1) is 22.1. The van der Waals surface area contributed by atoms with Gasteiger partial charge in [-0.2, -0.15) is 5.26 Å². The highest BCUT2D eigenvalue weighted by atomic mass is 28.4. The highest BCUT2D eigenvalue weighted by molar-refractivity contribution is 6.99. The highest BCUT2D eigenvalue weighted by Gasteiger charge is 2.76. The van der Waals surface area contributed by atoms with E-state index in [9.17, 15) is 15.9 Å². The van der Waals surface area contributed by atoms with Crippen molar-refractivity contribution in [3.63, 3.8) is 0 Å². The summed E-state index contributed by atoms with van der Waals surface area (Å²) in [5, 5.41) is 27.9. The molecule has 2 aliphatic heterocycles. The molecule has 2 aromatic carbocycles. The quantitative estimate of drug-likeness (QED) is 0.0982. The van der Waals surface area contributed by atoms with Gasteiger partial charge in [-0.05, 0) is 48.6 Å². The maximum Gasteiger partial charge on any atom is 0.261 e. The van der Waals surface area contributed by atoms with Gasteiger partial charge < -0.3 is 38.0 Å². The molecule has 3 aliphatic rings. The van der Waals surface area contributed by atoms with E-state index >= 15 is 0 Å². The largest absolute Gasteiger partial charge is 0.407 e. The summed E-state index contributed by atoms with van der Waals surface area (Å²) in [6.45, 7) is 13.2. The second-order valence-corrected chi connectivity index (χ2v) is 18.7. The van der Waals surface area contributed by atoms with E-state index in [1.165, 1.54) is 7.11 Å². The topological polar surface area (TPSA) is 157 Å². The van der Waals surface area contributed by atoms with Gasteiger partial charge in [0.2, 0.25) is 0 Å². The van der Waals surface area contributed by atoms with E-state index < -0.39 is 66.4 Å². The van der Waals surface area contributed by atoms with Crippen LogP contribution in [-0.4, -0.2) is 87.7 Å². The van der Waals surface area contributed by atoms with E-state index in [-0.39, 0.29) is 20.0 Å². The Balaban J connectivity index is 1.77.